The van der Waals surface area contributed by atoms with Gasteiger partial charge in [0.1, 0.15) is 5.03 Å². The predicted molar refractivity (Wildman–Crippen MR) is 111 cm³/mol. The molecular formula is C22H24F3N3OS. The highest BCUT2D eigenvalue weighted by atomic mass is 32.2. The number of nitrogens with zero attached hydrogens (tertiary/aromatic N) is 2. The third-order valence-corrected chi connectivity index (χ3v) is 5.64. The quantitative estimate of drug-likeness (QED) is 0.693. The second-order valence-corrected chi connectivity index (χ2v) is 7.90. The molecule has 8 heteroatoms. The first-order chi connectivity index (χ1) is 14.5. The average Bonchev–Trinajstić information content (AvgIpc) is 2.73. The van der Waals surface area contributed by atoms with Gasteiger partial charge in [0, 0.05) is 49.3 Å². The van der Waals surface area contributed by atoms with Crippen LogP contribution >= 0.6 is 11.8 Å². The van der Waals surface area contributed by atoms with Crippen molar-refractivity contribution in [3.63, 3.8) is 0 Å². The maximum absolute atomic E-state index is 13.0. The number of benzene rings is 1. The van der Waals surface area contributed by atoms with Crippen LogP contribution in [0, 0.1) is 11.8 Å². The number of hydrogen-bond acceptors (Lipinski definition) is 5. The molecular weight excluding hydrogens is 411 g/mol. The van der Waals surface area contributed by atoms with Crippen LogP contribution in [0.5, 0.6) is 0 Å². The molecule has 1 N–H and O–H groups in total. The molecule has 1 fully saturated rings. The van der Waals surface area contributed by atoms with Gasteiger partial charge in [-0.1, -0.05) is 23.6 Å². The van der Waals surface area contributed by atoms with Crippen molar-refractivity contribution in [2.75, 3.05) is 39.9 Å². The molecule has 0 bridgehead atoms. The van der Waals surface area contributed by atoms with Gasteiger partial charge in [-0.15, -0.1) is 0 Å². The summed E-state index contributed by atoms with van der Waals surface area (Å²) in [4.78, 5) is 7.27. The summed E-state index contributed by atoms with van der Waals surface area (Å²) in [5.74, 6) is 6.41. The minimum atomic E-state index is -4.38. The molecule has 1 aliphatic rings. The van der Waals surface area contributed by atoms with Gasteiger partial charge in [0.25, 0.3) is 0 Å². The maximum Gasteiger partial charge on any atom is 0.416 e. The first-order valence-electron chi connectivity index (χ1n) is 9.73. The zero-order chi connectivity index (χ0) is 21.4. The van der Waals surface area contributed by atoms with Crippen LogP contribution < -0.4 is 5.32 Å². The van der Waals surface area contributed by atoms with E-state index in [4.69, 9.17) is 4.74 Å². The van der Waals surface area contributed by atoms with E-state index in [1.807, 2.05) is 25.2 Å². The van der Waals surface area contributed by atoms with E-state index in [0.29, 0.717) is 11.6 Å². The molecule has 0 spiro atoms. The predicted octanol–water partition coefficient (Wildman–Crippen LogP) is 4.04. The number of nitrogens with one attached hydrogen (secondary N) is 1. The molecule has 1 aromatic heterocycles. The molecule has 4 nitrogen and oxygen atoms in total. The highest BCUT2D eigenvalue weighted by molar-refractivity contribution is 7.99. The summed E-state index contributed by atoms with van der Waals surface area (Å²) >= 11 is 1.22. The Morgan fingerprint density at radius 1 is 1.20 bits per heavy atom. The van der Waals surface area contributed by atoms with E-state index in [2.05, 4.69) is 27.0 Å². The minimum absolute atomic E-state index is 0.312. The highest BCUT2D eigenvalue weighted by Crippen LogP contribution is 2.34. The second-order valence-electron chi connectivity index (χ2n) is 6.84. The molecule has 0 saturated carbocycles. The van der Waals surface area contributed by atoms with Crippen molar-refractivity contribution in [2.24, 2.45) is 0 Å². The van der Waals surface area contributed by atoms with Crippen molar-refractivity contribution in [1.82, 2.24) is 15.2 Å². The Labute approximate surface area is 179 Å². The number of halogens is 3. The van der Waals surface area contributed by atoms with Crippen LogP contribution in [0.3, 0.4) is 0 Å². The smallest absolute Gasteiger partial charge is 0.379 e. The molecule has 0 aliphatic carbocycles. The van der Waals surface area contributed by atoms with E-state index >= 15 is 0 Å². The summed E-state index contributed by atoms with van der Waals surface area (Å²) < 4.78 is 44.2. The molecule has 2 heterocycles. The third-order valence-electron chi connectivity index (χ3n) is 4.59. The molecule has 1 aromatic carbocycles. The van der Waals surface area contributed by atoms with Crippen molar-refractivity contribution >= 4 is 11.8 Å². The number of ether oxygens (including phenoxy) is 1. The van der Waals surface area contributed by atoms with Crippen LogP contribution in [0.25, 0.3) is 0 Å². The molecule has 1 saturated heterocycles. The lowest BCUT2D eigenvalue weighted by molar-refractivity contribution is -0.137. The van der Waals surface area contributed by atoms with E-state index in [1.54, 1.807) is 0 Å². The topological polar surface area (TPSA) is 37.4 Å². The zero-order valence-corrected chi connectivity index (χ0v) is 17.6. The third kappa shape index (κ3) is 6.74. The van der Waals surface area contributed by atoms with Crippen molar-refractivity contribution < 1.29 is 17.9 Å². The van der Waals surface area contributed by atoms with Crippen LogP contribution in [0.2, 0.25) is 0 Å². The van der Waals surface area contributed by atoms with Crippen molar-refractivity contribution in [1.29, 1.82) is 0 Å². The standard InChI is InChI=1S/C22H24F3N3OS/c1-26-16-18-14-17(4-2-3-9-28-10-12-29-13-11-28)5-6-20(18)30-21-15-19(7-8-27-21)22(23,24)25/h5-8,14-15,26H,3,9-13,16H2,1H3. The molecule has 2 aromatic rings. The number of aromatic nitrogens is 1. The van der Waals surface area contributed by atoms with E-state index in [9.17, 15) is 13.2 Å². The zero-order valence-electron chi connectivity index (χ0n) is 16.8. The van der Waals surface area contributed by atoms with E-state index in [-0.39, 0.29) is 0 Å². The van der Waals surface area contributed by atoms with Gasteiger partial charge < -0.3 is 10.1 Å². The van der Waals surface area contributed by atoms with Gasteiger partial charge in [0.05, 0.1) is 18.8 Å². The summed E-state index contributed by atoms with van der Waals surface area (Å²) in [6.45, 7) is 4.97. The maximum atomic E-state index is 13.0. The lowest BCUT2D eigenvalue weighted by Crippen LogP contribution is -2.36. The van der Waals surface area contributed by atoms with Crippen molar-refractivity contribution in [3.8, 4) is 11.8 Å². The summed E-state index contributed by atoms with van der Waals surface area (Å²) in [5.41, 5.74) is 1.17. The fourth-order valence-corrected chi connectivity index (χ4v) is 3.97. The van der Waals surface area contributed by atoms with E-state index in [0.717, 1.165) is 67.4 Å². The van der Waals surface area contributed by atoms with Gasteiger partial charge in [-0.2, -0.15) is 13.2 Å². The monoisotopic (exact) mass is 435 g/mol. The Morgan fingerprint density at radius 3 is 2.73 bits per heavy atom. The molecule has 0 amide bonds. The summed E-state index contributed by atoms with van der Waals surface area (Å²) in [6.07, 6.45) is -2.41. The van der Waals surface area contributed by atoms with Crippen LogP contribution in [-0.2, 0) is 17.5 Å². The average molecular weight is 436 g/mol. The van der Waals surface area contributed by atoms with Gasteiger partial charge in [-0.05, 0) is 42.9 Å². The molecule has 160 valence electrons. The summed E-state index contributed by atoms with van der Waals surface area (Å²) in [7, 11) is 1.83. The van der Waals surface area contributed by atoms with Crippen molar-refractivity contribution in [2.45, 2.75) is 29.1 Å². The second kappa shape index (κ2) is 10.8. The van der Waals surface area contributed by atoms with Gasteiger partial charge in [0.2, 0.25) is 0 Å². The van der Waals surface area contributed by atoms with Crippen LogP contribution in [0.15, 0.2) is 46.5 Å². The Hall–Kier alpha value is -2.05. The molecule has 3 rings (SSSR count). The number of hydrogen-bond donors (Lipinski definition) is 1. The molecule has 0 atom stereocenters. The number of alkyl halides is 3. The Balaban J connectivity index is 1.68. The lowest BCUT2D eigenvalue weighted by Gasteiger charge is -2.25. The minimum Gasteiger partial charge on any atom is -0.379 e. The lowest BCUT2D eigenvalue weighted by atomic mass is 10.1. The highest BCUT2D eigenvalue weighted by Gasteiger charge is 2.30. The first kappa shape index (κ1) is 22.6. The van der Waals surface area contributed by atoms with Crippen LogP contribution in [-0.4, -0.2) is 49.8 Å². The number of pyridine rings is 1. The fraction of sp³-hybridized carbons (Fsp3) is 0.409. The molecule has 30 heavy (non-hydrogen) atoms. The van der Waals surface area contributed by atoms with E-state index < -0.39 is 11.7 Å². The van der Waals surface area contributed by atoms with Gasteiger partial charge >= 0.3 is 6.18 Å². The largest absolute Gasteiger partial charge is 0.416 e. The van der Waals surface area contributed by atoms with Crippen molar-refractivity contribution in [3.05, 3.63) is 53.2 Å². The van der Waals surface area contributed by atoms with Crippen LogP contribution in [0.1, 0.15) is 23.1 Å². The van der Waals surface area contributed by atoms with Gasteiger partial charge in [-0.3, -0.25) is 4.90 Å². The van der Waals surface area contributed by atoms with Gasteiger partial charge in [-0.25, -0.2) is 4.98 Å². The Bertz CT molecular complexity index is 902. The number of morpholine rings is 1. The normalized spacial score (nSPS) is 14.9. The van der Waals surface area contributed by atoms with Gasteiger partial charge in [0.15, 0.2) is 0 Å². The molecule has 0 radical (unpaired) electrons. The Morgan fingerprint density at radius 2 is 2.00 bits per heavy atom. The summed E-state index contributed by atoms with van der Waals surface area (Å²) in [6, 6.07) is 7.83. The van der Waals surface area contributed by atoms with Crippen LogP contribution in [0.4, 0.5) is 13.2 Å². The molecule has 1 aliphatic heterocycles. The summed E-state index contributed by atoms with van der Waals surface area (Å²) in [5, 5.41) is 3.41. The first-order valence-corrected chi connectivity index (χ1v) is 10.5. The SMILES string of the molecule is CNCc1cc(C#CCCN2CCOCC2)ccc1Sc1cc(C(F)(F)F)ccn1. The Kier molecular flexibility index (Phi) is 8.16. The molecule has 0 unspecified atom stereocenters. The fourth-order valence-electron chi connectivity index (χ4n) is 3.04. The van der Waals surface area contributed by atoms with E-state index in [1.165, 1.54) is 18.0 Å². The number of rotatable bonds is 6.